The first-order valence-corrected chi connectivity index (χ1v) is 11.1. The molecule has 1 amide bonds. The number of likely N-dealkylation sites (N-methyl/N-ethyl adjacent to an activating group) is 1. The lowest BCUT2D eigenvalue weighted by atomic mass is 10.3. The standard InChI is InChI=1S/C21H27N3O4S/c1-3-28-19-9-11-20(12-10-19)29(26,27)24(18-7-5-4-6-8-18)17-21(25)23-15-13-22(2)14-16-23/h4-12H,3,13-17H2,1-2H3. The molecule has 3 rings (SSSR count). The van der Waals surface area contributed by atoms with Crippen molar-refractivity contribution in [1.82, 2.24) is 9.80 Å². The van der Waals surface area contributed by atoms with Gasteiger partial charge in [-0.25, -0.2) is 8.42 Å². The zero-order valence-corrected chi connectivity index (χ0v) is 17.6. The number of hydrogen-bond donors (Lipinski definition) is 0. The van der Waals surface area contributed by atoms with Gasteiger partial charge in [-0.2, -0.15) is 0 Å². The second-order valence-corrected chi connectivity index (χ2v) is 8.80. The highest BCUT2D eigenvalue weighted by molar-refractivity contribution is 7.92. The van der Waals surface area contributed by atoms with Crippen LogP contribution in [0.4, 0.5) is 5.69 Å². The maximum absolute atomic E-state index is 13.4. The Labute approximate surface area is 172 Å². The number of anilines is 1. The van der Waals surface area contributed by atoms with E-state index in [-0.39, 0.29) is 17.3 Å². The summed E-state index contributed by atoms with van der Waals surface area (Å²) < 4.78 is 33.3. The second kappa shape index (κ2) is 9.28. The third-order valence-electron chi connectivity index (χ3n) is 4.90. The minimum atomic E-state index is -3.91. The monoisotopic (exact) mass is 417 g/mol. The van der Waals surface area contributed by atoms with Gasteiger partial charge in [0.1, 0.15) is 12.3 Å². The predicted octanol–water partition coefficient (Wildman–Crippen LogP) is 2.05. The van der Waals surface area contributed by atoms with Crippen LogP contribution < -0.4 is 9.04 Å². The SMILES string of the molecule is CCOc1ccc(S(=O)(=O)N(CC(=O)N2CCN(C)CC2)c2ccccc2)cc1. The molecule has 0 N–H and O–H groups in total. The van der Waals surface area contributed by atoms with Gasteiger partial charge in [-0.1, -0.05) is 18.2 Å². The molecule has 8 heteroatoms. The first-order valence-electron chi connectivity index (χ1n) is 9.69. The number of sulfonamides is 1. The number of rotatable bonds is 7. The molecule has 7 nitrogen and oxygen atoms in total. The van der Waals surface area contributed by atoms with Crippen LogP contribution in [0.1, 0.15) is 6.92 Å². The maximum Gasteiger partial charge on any atom is 0.264 e. The molecule has 0 aliphatic carbocycles. The molecule has 1 fully saturated rings. The van der Waals surface area contributed by atoms with Crippen LogP contribution in [-0.4, -0.2) is 70.5 Å². The number of para-hydroxylation sites is 1. The molecular formula is C21H27N3O4S. The largest absolute Gasteiger partial charge is 0.494 e. The van der Waals surface area contributed by atoms with E-state index < -0.39 is 10.0 Å². The molecule has 2 aromatic rings. The van der Waals surface area contributed by atoms with Gasteiger partial charge in [0.15, 0.2) is 0 Å². The zero-order valence-electron chi connectivity index (χ0n) is 16.8. The molecule has 2 aromatic carbocycles. The van der Waals surface area contributed by atoms with E-state index >= 15 is 0 Å². The highest BCUT2D eigenvalue weighted by atomic mass is 32.2. The molecule has 0 radical (unpaired) electrons. The quantitative estimate of drug-likeness (QED) is 0.690. The zero-order chi connectivity index (χ0) is 20.9. The molecule has 1 aliphatic rings. The Morgan fingerprint density at radius 2 is 1.62 bits per heavy atom. The lowest BCUT2D eigenvalue weighted by Crippen LogP contribution is -2.50. The minimum Gasteiger partial charge on any atom is -0.494 e. The smallest absolute Gasteiger partial charge is 0.264 e. The van der Waals surface area contributed by atoms with E-state index in [1.807, 2.05) is 20.0 Å². The third kappa shape index (κ3) is 5.07. The summed E-state index contributed by atoms with van der Waals surface area (Å²) in [5, 5.41) is 0. The Morgan fingerprint density at radius 1 is 1.00 bits per heavy atom. The average molecular weight is 418 g/mol. The van der Waals surface area contributed by atoms with Crippen LogP contribution in [-0.2, 0) is 14.8 Å². The Bertz CT molecular complexity index is 909. The molecule has 0 saturated carbocycles. The molecule has 0 aromatic heterocycles. The highest BCUT2D eigenvalue weighted by Gasteiger charge is 2.29. The topological polar surface area (TPSA) is 70.2 Å². The van der Waals surface area contributed by atoms with Crippen LogP contribution in [0.25, 0.3) is 0 Å². The number of nitrogens with zero attached hydrogens (tertiary/aromatic N) is 3. The fraction of sp³-hybridized carbons (Fsp3) is 0.381. The van der Waals surface area contributed by atoms with Crippen LogP contribution in [0.3, 0.4) is 0 Å². The van der Waals surface area contributed by atoms with Crippen molar-refractivity contribution in [2.24, 2.45) is 0 Å². The van der Waals surface area contributed by atoms with Gasteiger partial charge in [-0.15, -0.1) is 0 Å². The van der Waals surface area contributed by atoms with Gasteiger partial charge in [-0.3, -0.25) is 9.10 Å². The summed E-state index contributed by atoms with van der Waals surface area (Å²) in [6, 6.07) is 15.0. The van der Waals surface area contributed by atoms with Gasteiger partial charge in [0.25, 0.3) is 10.0 Å². The van der Waals surface area contributed by atoms with Gasteiger partial charge < -0.3 is 14.5 Å². The van der Waals surface area contributed by atoms with Crippen molar-refractivity contribution in [3.8, 4) is 5.75 Å². The maximum atomic E-state index is 13.4. The molecule has 0 bridgehead atoms. The van der Waals surface area contributed by atoms with Crippen molar-refractivity contribution < 1.29 is 17.9 Å². The number of carbonyl (C=O) groups is 1. The lowest BCUT2D eigenvalue weighted by Gasteiger charge is -2.34. The fourth-order valence-corrected chi connectivity index (χ4v) is 4.60. The summed E-state index contributed by atoms with van der Waals surface area (Å²) in [5.74, 6) is 0.405. The number of benzene rings is 2. The van der Waals surface area contributed by atoms with Crippen LogP contribution in [0, 0.1) is 0 Å². The fourth-order valence-electron chi connectivity index (χ4n) is 3.19. The van der Waals surface area contributed by atoms with Gasteiger partial charge in [0.05, 0.1) is 17.2 Å². The van der Waals surface area contributed by atoms with E-state index in [0.717, 1.165) is 13.1 Å². The van der Waals surface area contributed by atoms with E-state index in [2.05, 4.69) is 4.90 Å². The van der Waals surface area contributed by atoms with Crippen LogP contribution in [0.5, 0.6) is 5.75 Å². The van der Waals surface area contributed by atoms with Gasteiger partial charge in [0.2, 0.25) is 5.91 Å². The van der Waals surface area contributed by atoms with Crippen molar-refractivity contribution in [2.75, 3.05) is 50.7 Å². The third-order valence-corrected chi connectivity index (χ3v) is 6.69. The average Bonchev–Trinajstić information content (AvgIpc) is 2.73. The van der Waals surface area contributed by atoms with Crippen LogP contribution in [0.15, 0.2) is 59.5 Å². The van der Waals surface area contributed by atoms with Gasteiger partial charge >= 0.3 is 0 Å². The van der Waals surface area contributed by atoms with Crippen molar-refractivity contribution in [3.05, 3.63) is 54.6 Å². The van der Waals surface area contributed by atoms with E-state index in [9.17, 15) is 13.2 Å². The first-order chi connectivity index (χ1) is 13.9. The lowest BCUT2D eigenvalue weighted by molar-refractivity contribution is -0.131. The molecule has 1 saturated heterocycles. The van der Waals surface area contributed by atoms with Crippen molar-refractivity contribution in [3.63, 3.8) is 0 Å². The normalized spacial score (nSPS) is 15.2. The molecule has 1 heterocycles. The number of ether oxygens (including phenoxy) is 1. The predicted molar refractivity (Wildman–Crippen MR) is 113 cm³/mol. The van der Waals surface area contributed by atoms with Crippen LogP contribution in [0.2, 0.25) is 0 Å². The Hall–Kier alpha value is -2.58. The molecule has 0 atom stereocenters. The highest BCUT2D eigenvalue weighted by Crippen LogP contribution is 2.25. The summed E-state index contributed by atoms with van der Waals surface area (Å²) in [4.78, 5) is 16.9. The summed E-state index contributed by atoms with van der Waals surface area (Å²) in [6.07, 6.45) is 0. The Balaban J connectivity index is 1.87. The van der Waals surface area contributed by atoms with Crippen molar-refractivity contribution >= 4 is 21.6 Å². The Morgan fingerprint density at radius 3 is 2.21 bits per heavy atom. The summed E-state index contributed by atoms with van der Waals surface area (Å²) in [5.41, 5.74) is 0.462. The van der Waals surface area contributed by atoms with Gasteiger partial charge in [-0.05, 0) is 50.4 Å². The molecule has 1 aliphatic heterocycles. The molecule has 0 unspecified atom stereocenters. The van der Waals surface area contributed by atoms with Crippen LogP contribution >= 0.6 is 0 Å². The summed E-state index contributed by atoms with van der Waals surface area (Å²) in [6.45, 7) is 4.89. The van der Waals surface area contributed by atoms with E-state index in [4.69, 9.17) is 4.74 Å². The number of hydrogen-bond acceptors (Lipinski definition) is 5. The first kappa shape index (κ1) is 21.1. The molecule has 29 heavy (non-hydrogen) atoms. The van der Waals surface area contributed by atoms with Crippen molar-refractivity contribution in [1.29, 1.82) is 0 Å². The summed E-state index contributed by atoms with van der Waals surface area (Å²) in [7, 11) is -1.90. The molecule has 156 valence electrons. The summed E-state index contributed by atoms with van der Waals surface area (Å²) >= 11 is 0. The second-order valence-electron chi connectivity index (χ2n) is 6.94. The number of amides is 1. The number of piperazine rings is 1. The van der Waals surface area contributed by atoms with E-state index in [1.54, 1.807) is 41.3 Å². The van der Waals surface area contributed by atoms with E-state index in [0.29, 0.717) is 31.1 Å². The van der Waals surface area contributed by atoms with E-state index in [1.165, 1.54) is 16.4 Å². The van der Waals surface area contributed by atoms with Crippen molar-refractivity contribution in [2.45, 2.75) is 11.8 Å². The minimum absolute atomic E-state index is 0.121. The molecule has 0 spiro atoms. The number of carbonyl (C=O) groups excluding carboxylic acids is 1. The van der Waals surface area contributed by atoms with Gasteiger partial charge in [0, 0.05) is 26.2 Å². The Kier molecular flexibility index (Phi) is 6.76. The molecular weight excluding hydrogens is 390 g/mol.